The molecule has 1 heterocycles. The number of sulfone groups is 1. The SMILES string of the molecule is CS(=O)(=O)CCNC1CCCC1C1CCCCN1. The van der Waals surface area contributed by atoms with Gasteiger partial charge >= 0.3 is 0 Å². The standard InChI is InChI=1S/C13H26N2O2S/c1-18(16,17)10-9-15-13-7-4-5-11(13)12-6-2-3-8-14-12/h11-15H,2-10H2,1H3. The van der Waals surface area contributed by atoms with E-state index in [-0.39, 0.29) is 5.75 Å². The van der Waals surface area contributed by atoms with Crippen molar-refractivity contribution in [2.24, 2.45) is 5.92 Å². The molecule has 0 bridgehead atoms. The Balaban J connectivity index is 1.79. The Kier molecular flexibility index (Phi) is 5.04. The summed E-state index contributed by atoms with van der Waals surface area (Å²) in [6.45, 7) is 1.75. The van der Waals surface area contributed by atoms with Crippen molar-refractivity contribution in [3.8, 4) is 0 Å². The van der Waals surface area contributed by atoms with Gasteiger partial charge in [0.1, 0.15) is 9.84 Å². The number of hydrogen-bond acceptors (Lipinski definition) is 4. The molecule has 1 aliphatic heterocycles. The molecular weight excluding hydrogens is 248 g/mol. The summed E-state index contributed by atoms with van der Waals surface area (Å²) in [5, 5.41) is 7.11. The van der Waals surface area contributed by atoms with Gasteiger partial charge in [0.05, 0.1) is 5.75 Å². The second kappa shape index (κ2) is 6.35. The predicted molar refractivity (Wildman–Crippen MR) is 74.5 cm³/mol. The highest BCUT2D eigenvalue weighted by Crippen LogP contribution is 2.31. The van der Waals surface area contributed by atoms with Crippen molar-refractivity contribution in [3.05, 3.63) is 0 Å². The molecule has 0 aromatic carbocycles. The first kappa shape index (κ1) is 14.3. The minimum atomic E-state index is -2.84. The Bertz CT molecular complexity index is 350. The Labute approximate surface area is 111 Å². The van der Waals surface area contributed by atoms with Crippen LogP contribution >= 0.6 is 0 Å². The van der Waals surface area contributed by atoms with Gasteiger partial charge in [0.25, 0.3) is 0 Å². The van der Waals surface area contributed by atoms with Crippen LogP contribution in [0, 0.1) is 5.92 Å². The summed E-state index contributed by atoms with van der Waals surface area (Å²) >= 11 is 0. The van der Waals surface area contributed by atoms with E-state index in [9.17, 15) is 8.42 Å². The largest absolute Gasteiger partial charge is 0.314 e. The summed E-state index contributed by atoms with van der Waals surface area (Å²) in [6.07, 6.45) is 9.00. The van der Waals surface area contributed by atoms with Crippen molar-refractivity contribution >= 4 is 9.84 Å². The molecule has 4 nitrogen and oxygen atoms in total. The zero-order valence-corrected chi connectivity index (χ0v) is 12.1. The molecule has 2 aliphatic rings. The van der Waals surface area contributed by atoms with E-state index in [0.717, 1.165) is 6.54 Å². The van der Waals surface area contributed by atoms with E-state index in [1.165, 1.54) is 44.8 Å². The predicted octanol–water partition coefficient (Wildman–Crippen LogP) is 0.931. The van der Waals surface area contributed by atoms with Crippen LogP contribution in [0.25, 0.3) is 0 Å². The third kappa shape index (κ3) is 4.21. The molecule has 5 heteroatoms. The normalized spacial score (nSPS) is 33.7. The molecule has 2 rings (SSSR count). The van der Waals surface area contributed by atoms with Gasteiger partial charge in [-0.3, -0.25) is 0 Å². The number of hydrogen-bond donors (Lipinski definition) is 2. The second-order valence-electron chi connectivity index (χ2n) is 5.84. The minimum Gasteiger partial charge on any atom is -0.314 e. The Hall–Kier alpha value is -0.130. The molecule has 3 unspecified atom stereocenters. The summed E-state index contributed by atoms with van der Waals surface area (Å²) in [5.41, 5.74) is 0. The van der Waals surface area contributed by atoms with Crippen LogP contribution in [-0.4, -0.2) is 45.6 Å². The van der Waals surface area contributed by atoms with Crippen LogP contribution in [0.5, 0.6) is 0 Å². The highest BCUT2D eigenvalue weighted by Gasteiger charge is 2.33. The van der Waals surface area contributed by atoms with E-state index >= 15 is 0 Å². The zero-order valence-electron chi connectivity index (χ0n) is 11.3. The van der Waals surface area contributed by atoms with Gasteiger partial charge in [0.15, 0.2) is 0 Å². The maximum absolute atomic E-state index is 11.1. The first-order valence-corrected chi connectivity index (χ1v) is 9.27. The lowest BCUT2D eigenvalue weighted by atomic mass is 9.88. The molecule has 2 fully saturated rings. The van der Waals surface area contributed by atoms with Gasteiger partial charge in [-0.1, -0.05) is 12.8 Å². The number of rotatable bonds is 5. The average molecular weight is 274 g/mol. The quantitative estimate of drug-likeness (QED) is 0.783. The number of piperidine rings is 1. The molecule has 2 N–H and O–H groups in total. The molecular formula is C13H26N2O2S. The van der Waals surface area contributed by atoms with Crippen LogP contribution in [0.2, 0.25) is 0 Å². The highest BCUT2D eigenvalue weighted by molar-refractivity contribution is 7.90. The van der Waals surface area contributed by atoms with E-state index in [0.29, 0.717) is 24.5 Å². The fourth-order valence-electron chi connectivity index (χ4n) is 3.40. The third-order valence-corrected chi connectivity index (χ3v) is 5.26. The van der Waals surface area contributed by atoms with Crippen LogP contribution in [0.1, 0.15) is 38.5 Å². The molecule has 1 saturated heterocycles. The summed E-state index contributed by atoms with van der Waals surface area (Å²) < 4.78 is 22.3. The van der Waals surface area contributed by atoms with Crippen LogP contribution in [0.4, 0.5) is 0 Å². The summed E-state index contributed by atoms with van der Waals surface area (Å²) in [5.74, 6) is 0.957. The maximum atomic E-state index is 11.1. The molecule has 0 aromatic heterocycles. The van der Waals surface area contributed by atoms with Crippen molar-refractivity contribution in [2.45, 2.75) is 50.6 Å². The molecule has 0 aromatic rings. The van der Waals surface area contributed by atoms with E-state index in [1.807, 2.05) is 0 Å². The van der Waals surface area contributed by atoms with Crippen molar-refractivity contribution in [1.82, 2.24) is 10.6 Å². The molecule has 0 amide bonds. The van der Waals surface area contributed by atoms with E-state index in [2.05, 4.69) is 10.6 Å². The van der Waals surface area contributed by atoms with Crippen molar-refractivity contribution in [3.63, 3.8) is 0 Å². The van der Waals surface area contributed by atoms with Crippen molar-refractivity contribution < 1.29 is 8.42 Å². The van der Waals surface area contributed by atoms with Gasteiger partial charge in [-0.05, 0) is 38.1 Å². The average Bonchev–Trinajstić information content (AvgIpc) is 2.77. The molecule has 1 aliphatic carbocycles. The Morgan fingerprint density at radius 2 is 2.00 bits per heavy atom. The first-order valence-electron chi connectivity index (χ1n) is 7.21. The van der Waals surface area contributed by atoms with Crippen LogP contribution in [-0.2, 0) is 9.84 Å². The molecule has 106 valence electrons. The lowest BCUT2D eigenvalue weighted by Gasteiger charge is -2.33. The fraction of sp³-hybridized carbons (Fsp3) is 1.00. The van der Waals surface area contributed by atoms with E-state index in [1.54, 1.807) is 0 Å². The second-order valence-corrected chi connectivity index (χ2v) is 8.10. The molecule has 3 atom stereocenters. The van der Waals surface area contributed by atoms with Gasteiger partial charge in [0, 0.05) is 24.9 Å². The molecule has 0 radical (unpaired) electrons. The minimum absolute atomic E-state index is 0.258. The summed E-state index contributed by atoms with van der Waals surface area (Å²) in [7, 11) is -2.84. The Morgan fingerprint density at radius 1 is 1.17 bits per heavy atom. The first-order chi connectivity index (χ1) is 8.56. The van der Waals surface area contributed by atoms with Crippen LogP contribution < -0.4 is 10.6 Å². The zero-order chi connectivity index (χ0) is 13.0. The Morgan fingerprint density at radius 3 is 2.67 bits per heavy atom. The fourth-order valence-corrected chi connectivity index (χ4v) is 3.89. The maximum Gasteiger partial charge on any atom is 0.148 e. The summed E-state index contributed by atoms with van der Waals surface area (Å²) in [4.78, 5) is 0. The highest BCUT2D eigenvalue weighted by atomic mass is 32.2. The lowest BCUT2D eigenvalue weighted by molar-refractivity contribution is 0.259. The van der Waals surface area contributed by atoms with Crippen molar-refractivity contribution in [1.29, 1.82) is 0 Å². The smallest absolute Gasteiger partial charge is 0.148 e. The lowest BCUT2D eigenvalue weighted by Crippen LogP contribution is -2.47. The molecule has 18 heavy (non-hydrogen) atoms. The van der Waals surface area contributed by atoms with E-state index < -0.39 is 9.84 Å². The van der Waals surface area contributed by atoms with Crippen LogP contribution in [0.15, 0.2) is 0 Å². The van der Waals surface area contributed by atoms with Gasteiger partial charge in [0.2, 0.25) is 0 Å². The van der Waals surface area contributed by atoms with Gasteiger partial charge in [-0.25, -0.2) is 8.42 Å². The van der Waals surface area contributed by atoms with E-state index in [4.69, 9.17) is 0 Å². The number of nitrogens with one attached hydrogen (secondary N) is 2. The third-order valence-electron chi connectivity index (χ3n) is 4.31. The van der Waals surface area contributed by atoms with Crippen LogP contribution in [0.3, 0.4) is 0 Å². The summed E-state index contributed by atoms with van der Waals surface area (Å²) in [6, 6.07) is 1.17. The van der Waals surface area contributed by atoms with Gasteiger partial charge in [-0.2, -0.15) is 0 Å². The van der Waals surface area contributed by atoms with Gasteiger partial charge < -0.3 is 10.6 Å². The molecule has 1 saturated carbocycles. The molecule has 0 spiro atoms. The van der Waals surface area contributed by atoms with Gasteiger partial charge in [-0.15, -0.1) is 0 Å². The monoisotopic (exact) mass is 274 g/mol. The van der Waals surface area contributed by atoms with Crippen molar-refractivity contribution in [2.75, 3.05) is 25.1 Å². The topological polar surface area (TPSA) is 58.2 Å².